The Balaban J connectivity index is 2.27. The lowest BCUT2D eigenvalue weighted by atomic mass is 10.3. The van der Waals surface area contributed by atoms with E-state index >= 15 is 0 Å². The summed E-state index contributed by atoms with van der Waals surface area (Å²) in [7, 11) is 0. The van der Waals surface area contributed by atoms with Crippen molar-refractivity contribution in [3.63, 3.8) is 0 Å². The summed E-state index contributed by atoms with van der Waals surface area (Å²) < 4.78 is 0. The van der Waals surface area contributed by atoms with Crippen LogP contribution in [0.25, 0.3) is 0 Å². The van der Waals surface area contributed by atoms with Crippen molar-refractivity contribution in [3.8, 4) is 0 Å². The van der Waals surface area contributed by atoms with Crippen LogP contribution < -0.4 is 0 Å². The summed E-state index contributed by atoms with van der Waals surface area (Å²) in [6.45, 7) is 1.96. The highest BCUT2D eigenvalue weighted by molar-refractivity contribution is 8.13. The number of amides is 2. The van der Waals surface area contributed by atoms with Crippen LogP contribution >= 0.6 is 11.8 Å². The molecule has 1 fully saturated rings. The number of carbonyl (C=O) groups is 4. The van der Waals surface area contributed by atoms with Crippen LogP contribution in [0, 0.1) is 0 Å². The minimum atomic E-state index is -0.732. The summed E-state index contributed by atoms with van der Waals surface area (Å²) in [5, 5.41) is 0.402. The summed E-state index contributed by atoms with van der Waals surface area (Å²) in [6.07, 6.45) is 0.957. The molecule has 0 aliphatic carbocycles. The molecule has 0 aromatic rings. The summed E-state index contributed by atoms with van der Waals surface area (Å²) in [5.74, 6) is -1.04. The topological polar surface area (TPSA) is 80.8 Å². The molecule has 0 saturated carbocycles. The van der Waals surface area contributed by atoms with Crippen LogP contribution in [0.15, 0.2) is 0 Å². The lowest BCUT2D eigenvalue weighted by Crippen LogP contribution is -2.32. The Labute approximate surface area is 109 Å². The summed E-state index contributed by atoms with van der Waals surface area (Å²) in [4.78, 5) is 49.6. The molecule has 0 atom stereocenters. The average Bonchev–Trinajstić information content (AvgIpc) is 2.65. The normalized spacial score (nSPS) is 15.1. The fourth-order valence-corrected chi connectivity index (χ4v) is 1.98. The molecule has 0 N–H and O–H groups in total. The lowest BCUT2D eigenvalue weighted by molar-refractivity contribution is -0.197. The first-order valence-electron chi connectivity index (χ1n) is 5.76. The molecule has 1 aliphatic heterocycles. The second-order valence-electron chi connectivity index (χ2n) is 3.77. The molecular weight excluding hydrogens is 258 g/mol. The smallest absolute Gasteiger partial charge is 0.330 e. The van der Waals surface area contributed by atoms with Gasteiger partial charge in [-0.05, 0) is 6.42 Å². The van der Waals surface area contributed by atoms with Crippen molar-refractivity contribution < 1.29 is 24.0 Å². The van der Waals surface area contributed by atoms with Gasteiger partial charge < -0.3 is 4.84 Å². The lowest BCUT2D eigenvalue weighted by Gasteiger charge is -2.12. The Kier molecular flexibility index (Phi) is 5.84. The van der Waals surface area contributed by atoms with E-state index in [-0.39, 0.29) is 30.8 Å². The van der Waals surface area contributed by atoms with E-state index in [4.69, 9.17) is 0 Å². The van der Waals surface area contributed by atoms with E-state index in [1.54, 1.807) is 0 Å². The predicted molar refractivity (Wildman–Crippen MR) is 64.2 cm³/mol. The van der Waals surface area contributed by atoms with E-state index < -0.39 is 17.8 Å². The van der Waals surface area contributed by atoms with Gasteiger partial charge in [-0.2, -0.15) is 0 Å². The summed E-state index contributed by atoms with van der Waals surface area (Å²) in [6, 6.07) is 0. The van der Waals surface area contributed by atoms with Crippen molar-refractivity contribution in [3.05, 3.63) is 0 Å². The van der Waals surface area contributed by atoms with Crippen molar-refractivity contribution in [1.82, 2.24) is 5.06 Å². The number of thioether (sulfide) groups is 1. The van der Waals surface area contributed by atoms with Gasteiger partial charge >= 0.3 is 5.97 Å². The Morgan fingerprint density at radius 2 is 1.83 bits per heavy atom. The van der Waals surface area contributed by atoms with E-state index in [0.717, 1.165) is 12.2 Å². The molecule has 0 radical (unpaired) electrons. The zero-order chi connectivity index (χ0) is 13.5. The molecule has 0 bridgehead atoms. The quantitative estimate of drug-likeness (QED) is 0.673. The number of imide groups is 1. The Hall–Kier alpha value is -1.37. The molecular formula is C11H15NO5S. The highest BCUT2D eigenvalue weighted by atomic mass is 32.2. The molecule has 1 rings (SSSR count). The van der Waals surface area contributed by atoms with Crippen molar-refractivity contribution in [2.24, 2.45) is 0 Å². The molecule has 0 aromatic carbocycles. The largest absolute Gasteiger partial charge is 0.333 e. The average molecular weight is 273 g/mol. The number of carbonyl (C=O) groups excluding carboxylic acids is 4. The molecule has 1 heterocycles. The fraction of sp³-hybridized carbons (Fsp3) is 0.636. The van der Waals surface area contributed by atoms with Gasteiger partial charge in [-0.3, -0.25) is 14.4 Å². The van der Waals surface area contributed by atoms with E-state index in [0.29, 0.717) is 5.06 Å². The summed E-state index contributed by atoms with van der Waals surface area (Å²) >= 11 is 1.17. The molecule has 0 spiro atoms. The molecule has 1 saturated heterocycles. The van der Waals surface area contributed by atoms with Gasteiger partial charge in [-0.25, -0.2) is 4.79 Å². The first-order chi connectivity index (χ1) is 8.54. The molecule has 6 nitrogen and oxygen atoms in total. The van der Waals surface area contributed by atoms with Crippen LogP contribution in [0.2, 0.25) is 0 Å². The zero-order valence-electron chi connectivity index (χ0n) is 10.1. The number of hydrogen-bond acceptors (Lipinski definition) is 6. The van der Waals surface area contributed by atoms with Crippen molar-refractivity contribution in [2.75, 3.05) is 5.75 Å². The van der Waals surface area contributed by atoms with Crippen LogP contribution in [0.5, 0.6) is 0 Å². The van der Waals surface area contributed by atoms with Gasteiger partial charge in [0.25, 0.3) is 11.8 Å². The van der Waals surface area contributed by atoms with Crippen LogP contribution in [-0.2, 0) is 24.0 Å². The van der Waals surface area contributed by atoms with Crippen molar-refractivity contribution in [1.29, 1.82) is 0 Å². The number of hydroxylamine groups is 2. The minimum absolute atomic E-state index is 0.0553. The van der Waals surface area contributed by atoms with E-state index in [2.05, 4.69) is 4.84 Å². The fourth-order valence-electron chi connectivity index (χ4n) is 1.30. The van der Waals surface area contributed by atoms with Gasteiger partial charge in [0.05, 0.1) is 6.42 Å². The molecule has 0 aromatic heterocycles. The van der Waals surface area contributed by atoms with Gasteiger partial charge in [0, 0.05) is 25.0 Å². The molecule has 2 amide bonds. The number of nitrogens with zero attached hydrogens (tertiary/aromatic N) is 1. The second kappa shape index (κ2) is 7.15. The van der Waals surface area contributed by atoms with Crippen LogP contribution in [-0.4, -0.2) is 33.7 Å². The van der Waals surface area contributed by atoms with Gasteiger partial charge in [0.1, 0.15) is 0 Å². The Bertz CT molecular complexity index is 352. The Morgan fingerprint density at radius 3 is 2.39 bits per heavy atom. The third-order valence-corrected chi connectivity index (χ3v) is 3.34. The SMILES string of the molecule is CCCSC(=O)CCC(=O)ON1C(=O)CCC1=O. The maximum Gasteiger partial charge on any atom is 0.333 e. The third-order valence-electron chi connectivity index (χ3n) is 2.20. The van der Waals surface area contributed by atoms with Crippen molar-refractivity contribution in [2.45, 2.75) is 39.0 Å². The van der Waals surface area contributed by atoms with Gasteiger partial charge in [-0.1, -0.05) is 18.7 Å². The van der Waals surface area contributed by atoms with E-state index in [1.165, 1.54) is 11.8 Å². The predicted octanol–water partition coefficient (Wildman–Crippen LogP) is 1.04. The first kappa shape index (κ1) is 14.7. The molecule has 0 unspecified atom stereocenters. The minimum Gasteiger partial charge on any atom is -0.330 e. The second-order valence-corrected chi connectivity index (χ2v) is 4.92. The highest BCUT2D eigenvalue weighted by Crippen LogP contribution is 2.14. The van der Waals surface area contributed by atoms with Gasteiger partial charge in [-0.15, -0.1) is 5.06 Å². The van der Waals surface area contributed by atoms with E-state index in [9.17, 15) is 19.2 Å². The molecule has 100 valence electrons. The third kappa shape index (κ3) is 4.48. The maximum absolute atomic E-state index is 11.3. The first-order valence-corrected chi connectivity index (χ1v) is 6.75. The monoisotopic (exact) mass is 273 g/mol. The molecule has 1 aliphatic rings. The van der Waals surface area contributed by atoms with Crippen LogP contribution in [0.4, 0.5) is 0 Å². The summed E-state index contributed by atoms with van der Waals surface area (Å²) in [5.41, 5.74) is 0. The maximum atomic E-state index is 11.3. The van der Waals surface area contributed by atoms with Gasteiger partial charge in [0.2, 0.25) is 0 Å². The highest BCUT2D eigenvalue weighted by Gasteiger charge is 2.32. The molecule has 7 heteroatoms. The standard InChI is InChI=1S/C11H15NO5S/c1-2-7-18-11(16)6-5-10(15)17-12-8(13)3-4-9(12)14/h2-7H2,1H3. The number of rotatable bonds is 6. The van der Waals surface area contributed by atoms with Crippen molar-refractivity contribution >= 4 is 34.7 Å². The molecule has 18 heavy (non-hydrogen) atoms. The van der Waals surface area contributed by atoms with Gasteiger partial charge in [0.15, 0.2) is 5.12 Å². The Morgan fingerprint density at radius 1 is 1.22 bits per heavy atom. The number of hydrogen-bond donors (Lipinski definition) is 0. The van der Waals surface area contributed by atoms with Crippen LogP contribution in [0.3, 0.4) is 0 Å². The van der Waals surface area contributed by atoms with E-state index in [1.807, 2.05) is 6.92 Å². The zero-order valence-corrected chi connectivity index (χ0v) is 11.0. The van der Waals surface area contributed by atoms with Crippen LogP contribution in [0.1, 0.15) is 39.0 Å².